The van der Waals surface area contributed by atoms with Gasteiger partial charge in [0.2, 0.25) is 5.91 Å². The molecular weight excluding hydrogens is 657 g/mol. The van der Waals surface area contributed by atoms with E-state index in [0.717, 1.165) is 17.5 Å². The molecule has 0 radical (unpaired) electrons. The average Bonchev–Trinajstić information content (AvgIpc) is 2.94. The van der Waals surface area contributed by atoms with Crippen molar-refractivity contribution in [3.8, 4) is 0 Å². The Morgan fingerprint density at radius 3 is 1.30 bits per heavy atom. The van der Waals surface area contributed by atoms with E-state index in [4.69, 9.17) is 21.8 Å². The third-order valence-electron chi connectivity index (χ3n) is 4.73. The summed E-state index contributed by atoms with van der Waals surface area (Å²) in [7, 11) is 4.67. The standard InChI is InChI=1S/C10H12ClNO.C9H12.C8H8O2.C2H5O2P.C2H7P.3H3P/c1-8-2-4-9(5-3-8)7-12-10(13)6-11;1-3-9-6-4-8(2)5-7-9;1-6-2-4-7(5-3-6)8(9)10;3-2(4)1-5;1-2-3;;;/h2-5H,6-7H2,1H3,(H,12,13);4-7H,3H2,1-2H3;2-5H,1H3,(H,9,10);1,5H2,(H,3,4);2-3H2,1H3;3*1H3. The molecule has 0 aliphatic carbocycles. The van der Waals surface area contributed by atoms with Crippen LogP contribution in [0.2, 0.25) is 0 Å². The Kier molecular flexibility index (Phi) is 39.7. The second-order valence-corrected chi connectivity index (χ2v) is 9.90. The minimum atomic E-state index is -0.875. The van der Waals surface area contributed by atoms with E-state index in [9.17, 15) is 14.4 Å². The molecule has 43 heavy (non-hydrogen) atoms. The monoisotopic (exact) mass is 709 g/mol. The minimum Gasteiger partial charge on any atom is -0.481 e. The van der Waals surface area contributed by atoms with Crippen LogP contribution < -0.4 is 5.32 Å². The molecule has 5 unspecified atom stereocenters. The fraction of sp³-hybridized carbons (Fsp3) is 0.323. The summed E-state index contributed by atoms with van der Waals surface area (Å²) in [6, 6.07) is 23.4. The topological polar surface area (TPSA) is 104 Å². The lowest BCUT2D eigenvalue weighted by Gasteiger charge is -2.02. The van der Waals surface area contributed by atoms with E-state index in [2.05, 4.69) is 68.8 Å². The Morgan fingerprint density at radius 2 is 1.02 bits per heavy atom. The fourth-order valence-corrected chi connectivity index (χ4v) is 2.57. The molecule has 0 spiro atoms. The van der Waals surface area contributed by atoms with Gasteiger partial charge in [0, 0.05) is 6.54 Å². The average molecular weight is 710 g/mol. The summed E-state index contributed by atoms with van der Waals surface area (Å²) in [4.78, 5) is 30.5. The van der Waals surface area contributed by atoms with Gasteiger partial charge >= 0.3 is 11.9 Å². The number of nitrogens with one attached hydrogen (secondary N) is 1. The van der Waals surface area contributed by atoms with E-state index >= 15 is 0 Å². The zero-order chi connectivity index (χ0) is 30.9. The molecule has 3 aromatic carbocycles. The van der Waals surface area contributed by atoms with Gasteiger partial charge < -0.3 is 15.5 Å². The molecule has 0 saturated carbocycles. The molecule has 244 valence electrons. The van der Waals surface area contributed by atoms with Crippen LogP contribution in [0.25, 0.3) is 0 Å². The van der Waals surface area contributed by atoms with Crippen molar-refractivity contribution < 1.29 is 24.6 Å². The number of alkyl halides is 1. The first kappa shape index (κ1) is 51.1. The van der Waals surface area contributed by atoms with Gasteiger partial charge in [-0.15, -0.1) is 30.1 Å². The number of aliphatic carboxylic acids is 1. The summed E-state index contributed by atoms with van der Waals surface area (Å²) in [5.41, 5.74) is 6.47. The summed E-state index contributed by atoms with van der Waals surface area (Å²) in [5.74, 6) is -1.77. The van der Waals surface area contributed by atoms with Gasteiger partial charge in [-0.1, -0.05) is 91.2 Å². The third-order valence-corrected chi connectivity index (χ3v) is 5.33. The first-order valence-electron chi connectivity index (χ1n) is 12.8. The smallest absolute Gasteiger partial charge is 0.335 e. The number of carboxylic acids is 2. The van der Waals surface area contributed by atoms with Crippen LogP contribution >= 0.6 is 59.8 Å². The lowest BCUT2D eigenvalue weighted by atomic mass is 10.1. The molecule has 0 saturated heterocycles. The number of amides is 1. The van der Waals surface area contributed by atoms with Gasteiger partial charge in [-0.2, -0.15) is 29.7 Å². The highest BCUT2D eigenvalue weighted by molar-refractivity contribution is 7.18. The van der Waals surface area contributed by atoms with E-state index in [1.807, 2.05) is 38.1 Å². The van der Waals surface area contributed by atoms with Crippen LogP contribution in [0.4, 0.5) is 0 Å². The van der Waals surface area contributed by atoms with Crippen molar-refractivity contribution in [1.29, 1.82) is 0 Å². The predicted molar refractivity (Wildman–Crippen MR) is 208 cm³/mol. The van der Waals surface area contributed by atoms with Gasteiger partial charge in [-0.3, -0.25) is 9.59 Å². The molecule has 1 amide bonds. The number of carboxylic acid groups (broad SMARTS) is 2. The van der Waals surface area contributed by atoms with Crippen molar-refractivity contribution in [3.63, 3.8) is 0 Å². The molecule has 0 bridgehead atoms. The maximum Gasteiger partial charge on any atom is 0.335 e. The Bertz CT molecular complexity index is 1100. The highest BCUT2D eigenvalue weighted by atomic mass is 35.5. The third kappa shape index (κ3) is 31.7. The summed E-state index contributed by atoms with van der Waals surface area (Å²) in [6.45, 7) is 10.9. The fourth-order valence-electron chi connectivity index (χ4n) is 2.47. The highest BCUT2D eigenvalue weighted by Crippen LogP contribution is 2.03. The number of aryl methyl sites for hydroxylation is 4. The van der Waals surface area contributed by atoms with Crippen LogP contribution in [-0.2, 0) is 22.6 Å². The maximum atomic E-state index is 10.8. The largest absolute Gasteiger partial charge is 0.481 e. The van der Waals surface area contributed by atoms with Crippen molar-refractivity contribution in [1.82, 2.24) is 5.32 Å². The minimum absolute atomic E-state index is 0. The second kappa shape index (κ2) is 33.4. The van der Waals surface area contributed by atoms with Gasteiger partial charge in [-0.25, -0.2) is 4.79 Å². The highest BCUT2D eigenvalue weighted by Gasteiger charge is 1.99. The van der Waals surface area contributed by atoms with Crippen molar-refractivity contribution in [2.24, 2.45) is 0 Å². The molecule has 0 heterocycles. The SMILES string of the molecule is CCP.CCc1ccc(C)cc1.Cc1ccc(C(=O)O)cc1.Cc1ccc(CNC(=O)CCl)cc1.O=C(O)CP.P.P.P. The van der Waals surface area contributed by atoms with Gasteiger partial charge in [0.05, 0.1) is 11.7 Å². The molecule has 6 nitrogen and oxygen atoms in total. The number of carbonyl (C=O) groups is 3. The van der Waals surface area contributed by atoms with Crippen molar-refractivity contribution in [2.75, 3.05) is 18.2 Å². The molecule has 0 fully saturated rings. The van der Waals surface area contributed by atoms with Gasteiger partial charge in [0.1, 0.15) is 5.88 Å². The number of rotatable bonds is 6. The Hall–Kier alpha value is -1.49. The summed E-state index contributed by atoms with van der Waals surface area (Å²) < 4.78 is 0. The Labute approximate surface area is 278 Å². The molecule has 12 heteroatoms. The first-order chi connectivity index (χ1) is 18.9. The summed E-state index contributed by atoms with van der Waals surface area (Å²) in [5, 5.41) is 18.9. The molecule has 0 aromatic heterocycles. The van der Waals surface area contributed by atoms with E-state index in [-0.39, 0.29) is 47.6 Å². The summed E-state index contributed by atoms with van der Waals surface area (Å²) >= 11 is 5.33. The zero-order valence-electron chi connectivity index (χ0n) is 26.2. The van der Waals surface area contributed by atoms with E-state index in [1.165, 1.54) is 22.9 Å². The lowest BCUT2D eigenvalue weighted by Crippen LogP contribution is -2.23. The lowest BCUT2D eigenvalue weighted by molar-refractivity contribution is -0.134. The molecule has 0 aliphatic heterocycles. The van der Waals surface area contributed by atoms with E-state index < -0.39 is 11.9 Å². The maximum absolute atomic E-state index is 10.8. The predicted octanol–water partition coefficient (Wildman–Crippen LogP) is 7.10. The normalized spacial score (nSPS) is 8.37. The van der Waals surface area contributed by atoms with Crippen LogP contribution in [0.3, 0.4) is 0 Å². The van der Waals surface area contributed by atoms with Crippen LogP contribution in [0.15, 0.2) is 72.8 Å². The Balaban J connectivity index is -0.000000146. The number of aromatic carboxylic acids is 1. The molecule has 3 aromatic rings. The van der Waals surface area contributed by atoms with E-state index in [1.54, 1.807) is 24.3 Å². The van der Waals surface area contributed by atoms with E-state index in [0.29, 0.717) is 12.1 Å². The summed E-state index contributed by atoms with van der Waals surface area (Å²) in [6.07, 6.45) is 2.44. The van der Waals surface area contributed by atoms with Gasteiger partial charge in [-0.05, 0) is 56.6 Å². The number of carbonyl (C=O) groups excluding carboxylic acids is 1. The zero-order valence-corrected chi connectivity index (χ0v) is 33.5. The van der Waals surface area contributed by atoms with Crippen LogP contribution in [0, 0.1) is 20.8 Å². The number of halogens is 1. The van der Waals surface area contributed by atoms with Crippen LogP contribution in [-0.4, -0.2) is 46.3 Å². The number of hydrogen-bond donors (Lipinski definition) is 3. The number of hydrogen-bond acceptors (Lipinski definition) is 3. The number of benzene rings is 3. The first-order valence-corrected chi connectivity index (χ1v) is 15.0. The van der Waals surface area contributed by atoms with Crippen LogP contribution in [0.1, 0.15) is 52.0 Å². The van der Waals surface area contributed by atoms with Crippen molar-refractivity contribution >= 4 is 77.6 Å². The quantitative estimate of drug-likeness (QED) is 0.187. The molecule has 3 rings (SSSR count). The second-order valence-electron chi connectivity index (χ2n) is 8.41. The molecule has 5 atom stereocenters. The van der Waals surface area contributed by atoms with Crippen molar-refractivity contribution in [3.05, 3.63) is 106 Å². The van der Waals surface area contributed by atoms with Crippen molar-refractivity contribution in [2.45, 2.75) is 47.6 Å². The molecular formula is C31H53ClNO5P5. The molecule has 3 N–H and O–H groups in total. The Morgan fingerprint density at radius 1 is 0.698 bits per heavy atom. The van der Waals surface area contributed by atoms with Gasteiger partial charge in [0.25, 0.3) is 0 Å². The van der Waals surface area contributed by atoms with Gasteiger partial charge in [0.15, 0.2) is 0 Å². The molecule has 0 aliphatic rings. The van der Waals surface area contributed by atoms with Crippen LogP contribution in [0.5, 0.6) is 0 Å².